The zero-order valence-corrected chi connectivity index (χ0v) is 16.9. The Morgan fingerprint density at radius 1 is 0.778 bits per heavy atom. The van der Waals surface area contributed by atoms with Crippen LogP contribution in [0.5, 0.6) is 0 Å². The highest BCUT2D eigenvalue weighted by Gasteiger charge is 2.55. The van der Waals surface area contributed by atoms with E-state index in [0.29, 0.717) is 38.5 Å². The first-order valence-corrected chi connectivity index (χ1v) is 10.7. The summed E-state index contributed by atoms with van der Waals surface area (Å²) in [6, 6.07) is -0.909. The minimum Gasteiger partial charge on any atom is -0.388 e. The molecule has 3 saturated carbocycles. The lowest BCUT2D eigenvalue weighted by molar-refractivity contribution is -0.167. The van der Waals surface area contributed by atoms with Crippen LogP contribution in [-0.4, -0.2) is 50.2 Å². The summed E-state index contributed by atoms with van der Waals surface area (Å²) in [6.45, 7) is 3.75. The molecule has 3 aliphatic carbocycles. The molecule has 154 valence electrons. The van der Waals surface area contributed by atoms with Gasteiger partial charge < -0.3 is 20.8 Å². The lowest BCUT2D eigenvalue weighted by Gasteiger charge is -2.49. The fourth-order valence-corrected chi connectivity index (χ4v) is 5.81. The van der Waals surface area contributed by atoms with Gasteiger partial charge in [0.25, 0.3) is 0 Å². The molecule has 6 nitrogen and oxygen atoms in total. The van der Waals surface area contributed by atoms with E-state index in [2.05, 4.69) is 0 Å². The highest BCUT2D eigenvalue weighted by Crippen LogP contribution is 2.45. The van der Waals surface area contributed by atoms with Crippen molar-refractivity contribution in [2.45, 2.75) is 114 Å². The number of carbonyl (C=O) groups excluding carboxylic acids is 2. The molecule has 2 amide bonds. The Labute approximate surface area is 162 Å². The van der Waals surface area contributed by atoms with Gasteiger partial charge in [0.05, 0.1) is 23.3 Å². The van der Waals surface area contributed by atoms with E-state index in [1.807, 2.05) is 13.8 Å². The normalized spacial score (nSPS) is 28.0. The molecular formula is C21H36N2O4. The molecule has 3 aliphatic rings. The largest absolute Gasteiger partial charge is 0.388 e. The third kappa shape index (κ3) is 3.39. The smallest absolute Gasteiger partial charge is 0.238 e. The van der Waals surface area contributed by atoms with Crippen LogP contribution in [-0.2, 0) is 9.59 Å². The fourth-order valence-electron chi connectivity index (χ4n) is 5.81. The molecule has 2 atom stereocenters. The number of hydrogen-bond donors (Lipinski definition) is 3. The summed E-state index contributed by atoms with van der Waals surface area (Å²) in [5.74, 6) is -0.848. The van der Waals surface area contributed by atoms with Crippen LogP contribution in [0.15, 0.2) is 0 Å². The molecule has 2 unspecified atom stereocenters. The SMILES string of the molecule is CC(N(C(=O)C1(C(N)=O)CCCC1)C(C)C1(O)CCCC1)C1(O)CCCC1. The minimum atomic E-state index is -1.19. The molecule has 0 aliphatic heterocycles. The van der Waals surface area contributed by atoms with Crippen molar-refractivity contribution in [2.24, 2.45) is 11.1 Å². The van der Waals surface area contributed by atoms with E-state index >= 15 is 0 Å². The van der Waals surface area contributed by atoms with Gasteiger partial charge in [-0.25, -0.2) is 0 Å². The molecule has 0 saturated heterocycles. The molecule has 0 radical (unpaired) electrons. The molecule has 0 aromatic heterocycles. The van der Waals surface area contributed by atoms with Crippen LogP contribution < -0.4 is 5.73 Å². The van der Waals surface area contributed by atoms with Gasteiger partial charge in [0.1, 0.15) is 5.41 Å². The zero-order valence-electron chi connectivity index (χ0n) is 16.9. The molecule has 6 heteroatoms. The summed E-state index contributed by atoms with van der Waals surface area (Å²) < 4.78 is 0. The second-order valence-corrected chi connectivity index (χ2v) is 9.34. The average Bonchev–Trinajstić information content (AvgIpc) is 3.36. The molecule has 0 aromatic rings. The Kier molecular flexibility index (Phi) is 5.61. The molecule has 0 spiro atoms. The third-order valence-electron chi connectivity index (χ3n) is 7.90. The van der Waals surface area contributed by atoms with Crippen molar-refractivity contribution in [3.05, 3.63) is 0 Å². The Bertz CT molecular complexity index is 545. The van der Waals surface area contributed by atoms with E-state index in [1.165, 1.54) is 0 Å². The number of primary amides is 1. The van der Waals surface area contributed by atoms with Crippen molar-refractivity contribution in [2.75, 3.05) is 0 Å². The summed E-state index contributed by atoms with van der Waals surface area (Å²) in [7, 11) is 0. The van der Waals surface area contributed by atoms with Crippen molar-refractivity contribution in [3.63, 3.8) is 0 Å². The number of amides is 2. The van der Waals surface area contributed by atoms with E-state index in [9.17, 15) is 19.8 Å². The maximum Gasteiger partial charge on any atom is 0.238 e. The summed E-state index contributed by atoms with van der Waals surface area (Å²) in [6.07, 6.45) is 8.86. The Morgan fingerprint density at radius 2 is 1.11 bits per heavy atom. The molecule has 3 rings (SSSR count). The van der Waals surface area contributed by atoms with E-state index in [4.69, 9.17) is 5.73 Å². The summed E-state index contributed by atoms with van der Waals surface area (Å²) in [5, 5.41) is 22.5. The molecule has 27 heavy (non-hydrogen) atoms. The van der Waals surface area contributed by atoms with Gasteiger partial charge in [0, 0.05) is 0 Å². The van der Waals surface area contributed by atoms with Crippen LogP contribution >= 0.6 is 0 Å². The third-order valence-corrected chi connectivity index (χ3v) is 7.90. The van der Waals surface area contributed by atoms with Gasteiger partial charge in [-0.2, -0.15) is 0 Å². The number of aliphatic hydroxyl groups is 2. The second kappa shape index (κ2) is 7.36. The minimum absolute atomic E-state index is 0.284. The van der Waals surface area contributed by atoms with E-state index in [0.717, 1.165) is 38.5 Å². The van der Waals surface area contributed by atoms with Crippen LogP contribution in [0.2, 0.25) is 0 Å². The van der Waals surface area contributed by atoms with Crippen molar-refractivity contribution in [3.8, 4) is 0 Å². The molecule has 0 bridgehead atoms. The van der Waals surface area contributed by atoms with Crippen LogP contribution in [0.25, 0.3) is 0 Å². The van der Waals surface area contributed by atoms with Gasteiger partial charge in [-0.1, -0.05) is 38.5 Å². The van der Waals surface area contributed by atoms with E-state index in [-0.39, 0.29) is 5.91 Å². The van der Waals surface area contributed by atoms with Crippen LogP contribution in [0, 0.1) is 5.41 Å². The van der Waals surface area contributed by atoms with Gasteiger partial charge in [-0.15, -0.1) is 0 Å². The number of hydrogen-bond acceptors (Lipinski definition) is 4. The van der Waals surface area contributed by atoms with Gasteiger partial charge in [0.15, 0.2) is 0 Å². The Morgan fingerprint density at radius 3 is 1.44 bits per heavy atom. The second-order valence-electron chi connectivity index (χ2n) is 9.34. The highest BCUT2D eigenvalue weighted by atomic mass is 16.3. The molecule has 3 fully saturated rings. The summed E-state index contributed by atoms with van der Waals surface area (Å²) in [5.41, 5.74) is 2.62. The Hall–Kier alpha value is -1.14. The van der Waals surface area contributed by atoms with Crippen LogP contribution in [0.3, 0.4) is 0 Å². The number of nitrogens with zero attached hydrogens (tertiary/aromatic N) is 1. The summed E-state index contributed by atoms with van der Waals surface area (Å²) in [4.78, 5) is 27.8. The topological polar surface area (TPSA) is 104 Å². The predicted octanol–water partition coefficient (Wildman–Crippen LogP) is 2.25. The van der Waals surface area contributed by atoms with Gasteiger partial charge in [0.2, 0.25) is 11.8 Å². The fraction of sp³-hybridized carbons (Fsp3) is 0.905. The molecule has 4 N–H and O–H groups in total. The first-order valence-electron chi connectivity index (χ1n) is 10.7. The lowest BCUT2D eigenvalue weighted by atomic mass is 9.79. The van der Waals surface area contributed by atoms with Crippen molar-refractivity contribution >= 4 is 11.8 Å². The van der Waals surface area contributed by atoms with Crippen LogP contribution in [0.4, 0.5) is 0 Å². The number of rotatable bonds is 6. The summed E-state index contributed by atoms with van der Waals surface area (Å²) >= 11 is 0. The monoisotopic (exact) mass is 380 g/mol. The Balaban J connectivity index is 1.98. The average molecular weight is 381 g/mol. The highest BCUT2D eigenvalue weighted by molar-refractivity contribution is 6.05. The molecule has 0 aromatic carbocycles. The quantitative estimate of drug-likeness (QED) is 0.615. The van der Waals surface area contributed by atoms with Crippen molar-refractivity contribution in [1.82, 2.24) is 4.90 Å². The first kappa shape index (κ1) is 20.6. The zero-order chi connectivity index (χ0) is 19.9. The molecular weight excluding hydrogens is 344 g/mol. The lowest BCUT2D eigenvalue weighted by Crippen LogP contribution is -2.64. The van der Waals surface area contributed by atoms with Crippen LogP contribution in [0.1, 0.15) is 90.9 Å². The first-order chi connectivity index (χ1) is 12.7. The van der Waals surface area contributed by atoms with Crippen molar-refractivity contribution in [1.29, 1.82) is 0 Å². The maximum absolute atomic E-state index is 13.8. The van der Waals surface area contributed by atoms with Crippen molar-refractivity contribution < 1.29 is 19.8 Å². The number of carbonyl (C=O) groups is 2. The van der Waals surface area contributed by atoms with Gasteiger partial charge in [-0.3, -0.25) is 9.59 Å². The van der Waals surface area contributed by atoms with E-state index in [1.54, 1.807) is 4.90 Å². The van der Waals surface area contributed by atoms with E-state index < -0.39 is 34.6 Å². The maximum atomic E-state index is 13.8. The van der Waals surface area contributed by atoms with Gasteiger partial charge >= 0.3 is 0 Å². The van der Waals surface area contributed by atoms with Gasteiger partial charge in [-0.05, 0) is 52.4 Å². The standard InChI is InChI=1S/C21H36N2O4/c1-15(20(26)11-5-6-12-20)23(16(2)21(27)13-7-8-14-21)18(25)19(17(22)24)9-3-4-10-19/h15-16,26-27H,3-14H2,1-2H3,(H2,22,24). The number of nitrogens with two attached hydrogens (primary N) is 1. The molecule has 0 heterocycles. The predicted molar refractivity (Wildman–Crippen MR) is 103 cm³/mol.